The minimum absolute atomic E-state index is 0.493. The van der Waals surface area contributed by atoms with Crippen LogP contribution in [0.1, 0.15) is 5.56 Å². The van der Waals surface area contributed by atoms with Crippen LogP contribution in [0, 0.1) is 0 Å². The Morgan fingerprint density at radius 3 is 3.09 bits per heavy atom. The highest BCUT2D eigenvalue weighted by molar-refractivity contribution is 5.84. The highest BCUT2D eigenvalue weighted by Crippen LogP contribution is 2.26. The van der Waals surface area contributed by atoms with Crippen LogP contribution in [0.3, 0.4) is 0 Å². The van der Waals surface area contributed by atoms with E-state index in [1.807, 2.05) is 48.4 Å². The molecule has 1 aromatic carbocycles. The number of ether oxygens (including phenoxy) is 1. The van der Waals surface area contributed by atoms with E-state index < -0.39 is 0 Å². The second kappa shape index (κ2) is 5.42. The number of aromatic nitrogens is 3. The number of hydrogen-bond acceptors (Lipinski definition) is 4. The number of pyridine rings is 1. The Hall–Kier alpha value is -2.40. The van der Waals surface area contributed by atoms with Gasteiger partial charge in [-0.05, 0) is 24.3 Å². The third kappa shape index (κ3) is 2.67. The Kier molecular flexibility index (Phi) is 3.27. The van der Waals surface area contributed by atoms with Crippen molar-refractivity contribution >= 4 is 10.9 Å². The second-order valence-corrected chi connectivity index (χ2v) is 5.74. The Balaban J connectivity index is 1.37. The van der Waals surface area contributed by atoms with E-state index in [9.17, 15) is 0 Å². The molecule has 0 saturated carbocycles. The lowest BCUT2D eigenvalue weighted by Crippen LogP contribution is -2.11. The third-order valence-corrected chi connectivity index (χ3v) is 4.01. The Labute approximate surface area is 129 Å². The fourth-order valence-electron chi connectivity index (χ4n) is 2.75. The summed E-state index contributed by atoms with van der Waals surface area (Å²) in [5, 5.41) is 5.28. The zero-order chi connectivity index (χ0) is 14.9. The lowest BCUT2D eigenvalue weighted by Gasteiger charge is -2.09. The number of aryl methyl sites for hydroxylation is 1. The Bertz CT molecular complexity index is 793. The van der Waals surface area contributed by atoms with Crippen molar-refractivity contribution in [2.24, 2.45) is 7.05 Å². The Morgan fingerprint density at radius 1 is 1.27 bits per heavy atom. The summed E-state index contributed by atoms with van der Waals surface area (Å²) < 4.78 is 7.85. The van der Waals surface area contributed by atoms with Gasteiger partial charge in [0, 0.05) is 43.5 Å². The van der Waals surface area contributed by atoms with E-state index in [0.29, 0.717) is 12.6 Å². The largest absolute Gasteiger partial charge is 0.491 e. The van der Waals surface area contributed by atoms with Crippen molar-refractivity contribution in [1.82, 2.24) is 19.7 Å². The first-order valence-electron chi connectivity index (χ1n) is 7.48. The van der Waals surface area contributed by atoms with Crippen molar-refractivity contribution in [1.29, 1.82) is 0 Å². The first-order chi connectivity index (χ1) is 10.8. The molecule has 5 nitrogen and oxygen atoms in total. The molecular weight excluding hydrogens is 276 g/mol. The molecular formula is C17H18N4O. The highest BCUT2D eigenvalue weighted by atomic mass is 16.5. The zero-order valence-electron chi connectivity index (χ0n) is 12.5. The van der Waals surface area contributed by atoms with Gasteiger partial charge in [0.05, 0.1) is 17.8 Å². The summed E-state index contributed by atoms with van der Waals surface area (Å²) in [4.78, 5) is 6.75. The molecule has 3 aromatic rings. The maximum absolute atomic E-state index is 6.01. The summed E-state index contributed by atoms with van der Waals surface area (Å²) in [6, 6.07) is 10.5. The van der Waals surface area contributed by atoms with Gasteiger partial charge < -0.3 is 4.74 Å². The molecule has 0 amide bonds. The van der Waals surface area contributed by atoms with Gasteiger partial charge in [0.25, 0.3) is 0 Å². The summed E-state index contributed by atoms with van der Waals surface area (Å²) >= 11 is 0. The summed E-state index contributed by atoms with van der Waals surface area (Å²) in [6.07, 6.45) is 5.79. The van der Waals surface area contributed by atoms with E-state index in [4.69, 9.17) is 4.74 Å². The molecule has 2 aromatic heterocycles. The molecule has 5 heteroatoms. The lowest BCUT2D eigenvalue weighted by atomic mass is 10.2. The van der Waals surface area contributed by atoms with Crippen molar-refractivity contribution in [3.8, 4) is 5.75 Å². The average molecular weight is 294 g/mol. The maximum Gasteiger partial charge on any atom is 0.128 e. The van der Waals surface area contributed by atoms with Gasteiger partial charge in [-0.25, -0.2) is 0 Å². The number of fused-ring (bicyclic) bond motifs is 1. The predicted molar refractivity (Wildman–Crippen MR) is 84.6 cm³/mol. The normalized spacial score (nSPS) is 20.2. The number of nitrogens with zero attached hydrogens (tertiary/aromatic N) is 4. The van der Waals surface area contributed by atoms with Gasteiger partial charge in [0.2, 0.25) is 0 Å². The minimum atomic E-state index is 0.493. The summed E-state index contributed by atoms with van der Waals surface area (Å²) in [6.45, 7) is 2.74. The quantitative estimate of drug-likeness (QED) is 0.677. The molecule has 2 atom stereocenters. The summed E-state index contributed by atoms with van der Waals surface area (Å²) in [7, 11) is 1.95. The molecule has 4 rings (SSSR count). The van der Waals surface area contributed by atoms with Gasteiger partial charge in [0.15, 0.2) is 0 Å². The van der Waals surface area contributed by atoms with E-state index in [0.717, 1.165) is 29.7 Å². The molecule has 2 unspecified atom stereocenters. The standard InChI is InChI=1S/C17H18N4O/c1-20-9-13(8-19-20)10-21-11-14(21)12-22-17-6-2-5-16-15(17)4-3-7-18-16/h2-9,14H,10-12H2,1H3. The molecule has 3 heterocycles. The number of rotatable bonds is 5. The Morgan fingerprint density at radius 2 is 2.23 bits per heavy atom. The smallest absolute Gasteiger partial charge is 0.128 e. The van der Waals surface area contributed by atoms with E-state index in [1.165, 1.54) is 5.56 Å². The van der Waals surface area contributed by atoms with Crippen LogP contribution in [-0.2, 0) is 13.6 Å². The van der Waals surface area contributed by atoms with Crippen molar-refractivity contribution < 1.29 is 4.74 Å². The zero-order valence-corrected chi connectivity index (χ0v) is 12.5. The monoisotopic (exact) mass is 294 g/mol. The topological polar surface area (TPSA) is 43.0 Å². The highest BCUT2D eigenvalue weighted by Gasteiger charge is 2.34. The van der Waals surface area contributed by atoms with Gasteiger partial charge in [-0.15, -0.1) is 0 Å². The SMILES string of the molecule is Cn1cc(CN2CC2COc2cccc3ncccc23)cn1. The molecule has 0 spiro atoms. The molecule has 0 N–H and O–H groups in total. The van der Waals surface area contributed by atoms with Gasteiger partial charge in [-0.1, -0.05) is 6.07 Å². The van der Waals surface area contributed by atoms with Crippen LogP contribution in [0.25, 0.3) is 10.9 Å². The van der Waals surface area contributed by atoms with E-state index in [1.54, 1.807) is 0 Å². The van der Waals surface area contributed by atoms with Gasteiger partial charge in [-0.2, -0.15) is 5.10 Å². The minimum Gasteiger partial charge on any atom is -0.491 e. The first-order valence-corrected chi connectivity index (χ1v) is 7.48. The van der Waals surface area contributed by atoms with E-state index >= 15 is 0 Å². The first kappa shape index (κ1) is 13.3. The van der Waals surface area contributed by atoms with Crippen molar-refractivity contribution in [2.75, 3.05) is 13.2 Å². The molecule has 112 valence electrons. The average Bonchev–Trinajstić information content (AvgIpc) is 3.15. The lowest BCUT2D eigenvalue weighted by molar-refractivity contribution is 0.296. The van der Waals surface area contributed by atoms with Crippen LogP contribution in [0.15, 0.2) is 48.9 Å². The van der Waals surface area contributed by atoms with E-state index in [2.05, 4.69) is 27.2 Å². The molecule has 1 saturated heterocycles. The molecule has 1 aliphatic heterocycles. The van der Waals surface area contributed by atoms with Crippen LogP contribution in [0.4, 0.5) is 0 Å². The molecule has 22 heavy (non-hydrogen) atoms. The van der Waals surface area contributed by atoms with Crippen LogP contribution in [0.2, 0.25) is 0 Å². The molecule has 0 bridgehead atoms. The van der Waals surface area contributed by atoms with Gasteiger partial charge in [-0.3, -0.25) is 14.6 Å². The summed E-state index contributed by atoms with van der Waals surface area (Å²) in [5.41, 5.74) is 2.22. The molecule has 0 aliphatic carbocycles. The fraction of sp³-hybridized carbons (Fsp3) is 0.294. The van der Waals surface area contributed by atoms with Crippen molar-refractivity contribution in [3.63, 3.8) is 0 Å². The van der Waals surface area contributed by atoms with Gasteiger partial charge >= 0.3 is 0 Å². The van der Waals surface area contributed by atoms with E-state index in [-0.39, 0.29) is 0 Å². The second-order valence-electron chi connectivity index (χ2n) is 5.74. The van der Waals surface area contributed by atoms with Crippen LogP contribution < -0.4 is 4.74 Å². The van der Waals surface area contributed by atoms with Crippen molar-refractivity contribution in [2.45, 2.75) is 12.6 Å². The molecule has 0 radical (unpaired) electrons. The summed E-state index contributed by atoms with van der Waals surface area (Å²) in [5.74, 6) is 0.916. The molecule has 1 fully saturated rings. The van der Waals surface area contributed by atoms with Gasteiger partial charge in [0.1, 0.15) is 12.4 Å². The van der Waals surface area contributed by atoms with Crippen molar-refractivity contribution in [3.05, 3.63) is 54.5 Å². The van der Waals surface area contributed by atoms with Crippen LogP contribution in [0.5, 0.6) is 5.75 Å². The number of benzene rings is 1. The number of hydrogen-bond donors (Lipinski definition) is 0. The van der Waals surface area contributed by atoms with Crippen LogP contribution >= 0.6 is 0 Å². The fourth-order valence-corrected chi connectivity index (χ4v) is 2.75. The third-order valence-electron chi connectivity index (χ3n) is 4.01. The van der Waals surface area contributed by atoms with Crippen LogP contribution in [-0.4, -0.2) is 38.9 Å². The predicted octanol–water partition coefficient (Wildman–Crippen LogP) is 2.23. The maximum atomic E-state index is 6.01. The molecule has 1 aliphatic rings.